The highest BCUT2D eigenvalue weighted by atomic mass is 35.5. The van der Waals surface area contributed by atoms with Gasteiger partial charge in [-0.1, -0.05) is 18.0 Å². The molecule has 0 aromatic heterocycles. The molecular weight excluding hydrogens is 347 g/mol. The van der Waals surface area contributed by atoms with Gasteiger partial charge in [-0.15, -0.1) is 0 Å². The normalized spacial score (nSPS) is 26.5. The Morgan fingerprint density at radius 1 is 1.29 bits per heavy atom. The van der Waals surface area contributed by atoms with E-state index in [1.165, 1.54) is 11.0 Å². The van der Waals surface area contributed by atoms with Gasteiger partial charge in [0.25, 0.3) is 5.91 Å². The van der Waals surface area contributed by atoms with E-state index >= 15 is 0 Å². The van der Waals surface area contributed by atoms with Gasteiger partial charge in [0.15, 0.2) is 0 Å². The zero-order chi connectivity index (χ0) is 17.7. The summed E-state index contributed by atoms with van der Waals surface area (Å²) in [5.74, 6) is -1.71. The summed E-state index contributed by atoms with van der Waals surface area (Å²) in [5.41, 5.74) is -2.14. The first-order chi connectivity index (χ1) is 11.1. The number of fused-ring (bicyclic) bond motifs is 1. The Balaban J connectivity index is 1.89. The molecule has 24 heavy (non-hydrogen) atoms. The van der Waals surface area contributed by atoms with Crippen LogP contribution in [0.1, 0.15) is 35.2 Å². The molecule has 1 aromatic rings. The lowest BCUT2D eigenvalue weighted by Gasteiger charge is -2.23. The largest absolute Gasteiger partial charge is 0.481 e. The lowest BCUT2D eigenvalue weighted by molar-refractivity contribution is -0.149. The molecule has 2 atom stereocenters. The molecule has 1 aliphatic carbocycles. The summed E-state index contributed by atoms with van der Waals surface area (Å²) in [5, 5.41) is 9.35. The number of aliphatic carboxylic acids is 1. The molecule has 0 unspecified atom stereocenters. The highest BCUT2D eigenvalue weighted by Gasteiger charge is 2.55. The van der Waals surface area contributed by atoms with Crippen molar-refractivity contribution in [3.05, 3.63) is 34.3 Å². The third-order valence-electron chi connectivity index (χ3n) is 5.06. The minimum Gasteiger partial charge on any atom is -0.481 e. The second kappa shape index (κ2) is 5.65. The van der Waals surface area contributed by atoms with Crippen LogP contribution in [0.15, 0.2) is 18.2 Å². The van der Waals surface area contributed by atoms with Gasteiger partial charge in [0.05, 0.1) is 11.0 Å². The number of hydrogen-bond acceptors (Lipinski definition) is 2. The van der Waals surface area contributed by atoms with Crippen molar-refractivity contribution >= 4 is 23.5 Å². The van der Waals surface area contributed by atoms with Crippen LogP contribution < -0.4 is 0 Å². The number of carbonyl (C=O) groups is 2. The topological polar surface area (TPSA) is 57.6 Å². The van der Waals surface area contributed by atoms with E-state index in [4.69, 9.17) is 11.6 Å². The molecule has 1 aromatic carbocycles. The van der Waals surface area contributed by atoms with Crippen LogP contribution in [0.4, 0.5) is 13.2 Å². The Morgan fingerprint density at radius 3 is 2.58 bits per heavy atom. The van der Waals surface area contributed by atoms with Crippen LogP contribution in [0.3, 0.4) is 0 Å². The molecule has 4 nitrogen and oxygen atoms in total. The van der Waals surface area contributed by atoms with Crippen LogP contribution >= 0.6 is 11.6 Å². The summed E-state index contributed by atoms with van der Waals surface area (Å²) in [7, 11) is 0. The first kappa shape index (κ1) is 17.1. The van der Waals surface area contributed by atoms with Crippen molar-refractivity contribution in [1.82, 2.24) is 4.90 Å². The fraction of sp³-hybridized carbons (Fsp3) is 0.500. The second-order valence-electron chi connectivity index (χ2n) is 6.46. The Morgan fingerprint density at radius 2 is 2.00 bits per heavy atom. The number of amides is 1. The van der Waals surface area contributed by atoms with Crippen LogP contribution in [0, 0.1) is 11.3 Å². The molecule has 0 radical (unpaired) electrons. The van der Waals surface area contributed by atoms with Crippen LogP contribution in [0.2, 0.25) is 5.02 Å². The summed E-state index contributed by atoms with van der Waals surface area (Å²) in [4.78, 5) is 25.6. The summed E-state index contributed by atoms with van der Waals surface area (Å²) >= 11 is 5.72. The number of carbonyl (C=O) groups excluding carboxylic acids is 1. The van der Waals surface area contributed by atoms with Crippen molar-refractivity contribution in [3.63, 3.8) is 0 Å². The molecule has 1 N–H and O–H groups in total. The van der Waals surface area contributed by atoms with Crippen molar-refractivity contribution in [2.75, 3.05) is 13.1 Å². The number of alkyl halides is 3. The number of nitrogens with zero attached hydrogens (tertiary/aromatic N) is 1. The van der Waals surface area contributed by atoms with Gasteiger partial charge in [0, 0.05) is 23.7 Å². The fourth-order valence-corrected chi connectivity index (χ4v) is 4.09. The average molecular weight is 362 g/mol. The van der Waals surface area contributed by atoms with Gasteiger partial charge in [-0.25, -0.2) is 0 Å². The van der Waals surface area contributed by atoms with E-state index in [0.717, 1.165) is 18.6 Å². The Bertz CT molecular complexity index is 706. The molecule has 1 amide bonds. The minimum atomic E-state index is -4.61. The maximum absolute atomic E-state index is 12.9. The van der Waals surface area contributed by atoms with Crippen molar-refractivity contribution in [3.8, 4) is 0 Å². The van der Waals surface area contributed by atoms with E-state index in [1.54, 1.807) is 0 Å². The van der Waals surface area contributed by atoms with Crippen LogP contribution in [0.5, 0.6) is 0 Å². The molecule has 1 saturated carbocycles. The first-order valence-corrected chi connectivity index (χ1v) is 7.92. The van der Waals surface area contributed by atoms with Crippen molar-refractivity contribution in [2.45, 2.75) is 25.4 Å². The highest BCUT2D eigenvalue weighted by molar-refractivity contribution is 6.31. The van der Waals surface area contributed by atoms with Gasteiger partial charge in [-0.05, 0) is 37.0 Å². The Hall–Kier alpha value is -1.76. The van der Waals surface area contributed by atoms with E-state index in [1.807, 2.05) is 0 Å². The summed E-state index contributed by atoms with van der Waals surface area (Å²) in [6.45, 7) is 0.276. The van der Waals surface area contributed by atoms with Gasteiger partial charge in [0.2, 0.25) is 0 Å². The molecule has 1 saturated heterocycles. The van der Waals surface area contributed by atoms with E-state index in [2.05, 4.69) is 0 Å². The predicted molar refractivity (Wildman–Crippen MR) is 79.8 cm³/mol. The maximum atomic E-state index is 12.9. The van der Waals surface area contributed by atoms with Gasteiger partial charge >= 0.3 is 12.1 Å². The van der Waals surface area contributed by atoms with Crippen molar-refractivity contribution < 1.29 is 27.9 Å². The number of carboxylic acid groups (broad SMARTS) is 1. The quantitative estimate of drug-likeness (QED) is 0.874. The Labute approximate surface area is 141 Å². The number of benzene rings is 1. The molecule has 2 fully saturated rings. The molecule has 2 aliphatic rings. The number of rotatable bonds is 2. The fourth-order valence-electron chi connectivity index (χ4n) is 3.85. The number of carboxylic acids is 1. The van der Waals surface area contributed by atoms with Crippen molar-refractivity contribution in [1.29, 1.82) is 0 Å². The summed E-state index contributed by atoms with van der Waals surface area (Å²) in [6, 6.07) is 2.70. The average Bonchev–Trinajstić information content (AvgIpc) is 3.02. The van der Waals surface area contributed by atoms with Gasteiger partial charge in [0.1, 0.15) is 0 Å². The maximum Gasteiger partial charge on any atom is 0.416 e. The number of hydrogen-bond donors (Lipinski definition) is 1. The molecule has 130 valence electrons. The third-order valence-corrected chi connectivity index (χ3v) is 5.27. The third kappa shape index (κ3) is 2.75. The van der Waals surface area contributed by atoms with Gasteiger partial charge in [-0.3, -0.25) is 9.59 Å². The predicted octanol–water partition coefficient (Wildman–Crippen LogP) is 3.69. The van der Waals surface area contributed by atoms with Gasteiger partial charge < -0.3 is 10.0 Å². The molecule has 8 heteroatoms. The second-order valence-corrected chi connectivity index (χ2v) is 6.90. The standard InChI is InChI=1S/C16H15ClF3NO3/c17-12-5-9(4-11(6-12)16(18,19)20)13(22)21-7-10-2-1-3-15(10,8-21)14(23)24/h4-6,10H,1-3,7-8H2,(H,23,24)/t10-,15+/m0/s1. The van der Waals surface area contributed by atoms with Crippen LogP contribution in [-0.2, 0) is 11.0 Å². The first-order valence-electron chi connectivity index (χ1n) is 7.54. The van der Waals surface area contributed by atoms with Crippen LogP contribution in [-0.4, -0.2) is 35.0 Å². The lowest BCUT2D eigenvalue weighted by Crippen LogP contribution is -2.37. The number of likely N-dealkylation sites (tertiary alicyclic amines) is 1. The van der Waals surface area contributed by atoms with Crippen LogP contribution in [0.25, 0.3) is 0 Å². The summed E-state index contributed by atoms with van der Waals surface area (Å²) in [6.07, 6.45) is -2.63. The minimum absolute atomic E-state index is 0.0275. The monoisotopic (exact) mass is 361 g/mol. The van der Waals surface area contributed by atoms with E-state index < -0.39 is 29.0 Å². The van der Waals surface area contributed by atoms with Crippen molar-refractivity contribution in [2.24, 2.45) is 11.3 Å². The van der Waals surface area contributed by atoms with E-state index in [9.17, 15) is 27.9 Å². The molecule has 0 bridgehead atoms. The Kier molecular flexibility index (Phi) is 4.02. The molecule has 1 aliphatic heterocycles. The van der Waals surface area contributed by atoms with Gasteiger partial charge in [-0.2, -0.15) is 13.2 Å². The molecular formula is C16H15ClF3NO3. The highest BCUT2D eigenvalue weighted by Crippen LogP contribution is 2.49. The molecule has 0 spiro atoms. The zero-order valence-corrected chi connectivity index (χ0v) is 13.3. The smallest absolute Gasteiger partial charge is 0.416 e. The summed E-state index contributed by atoms with van der Waals surface area (Å²) < 4.78 is 38.6. The zero-order valence-electron chi connectivity index (χ0n) is 12.6. The van der Waals surface area contributed by atoms with E-state index in [-0.39, 0.29) is 29.6 Å². The SMILES string of the molecule is O=C(c1cc(Cl)cc(C(F)(F)F)c1)N1C[C@@H]2CCC[C@@]2(C(=O)O)C1. The molecule has 3 rings (SSSR count). The van der Waals surface area contributed by atoms with E-state index in [0.29, 0.717) is 12.8 Å². The molecule has 1 heterocycles. The lowest BCUT2D eigenvalue weighted by atomic mass is 9.81. The number of halogens is 4.